The molecule has 1 amide bonds. The van der Waals surface area contributed by atoms with Crippen LogP contribution in [-0.4, -0.2) is 30.9 Å². The Morgan fingerprint density at radius 2 is 2.14 bits per heavy atom. The first-order valence-corrected chi connectivity index (χ1v) is 7.42. The Morgan fingerprint density at radius 1 is 1.41 bits per heavy atom. The molecule has 1 rings (SSSR count). The summed E-state index contributed by atoms with van der Waals surface area (Å²) in [6.45, 7) is 4.43. The Bertz CT molecular complexity index is 491. The number of allylic oxidation sites excluding steroid dienone is 1. The van der Waals surface area contributed by atoms with Gasteiger partial charge in [-0.05, 0) is 31.4 Å². The number of rotatable bonds is 9. The van der Waals surface area contributed by atoms with Gasteiger partial charge in [0, 0.05) is 18.2 Å². The van der Waals surface area contributed by atoms with E-state index < -0.39 is 0 Å². The Hall–Kier alpha value is -1.73. The first-order chi connectivity index (χ1) is 10.6. The third kappa shape index (κ3) is 6.36. The summed E-state index contributed by atoms with van der Waals surface area (Å²) in [4.78, 5) is 17.1. The van der Waals surface area contributed by atoms with E-state index in [0.29, 0.717) is 12.1 Å². The summed E-state index contributed by atoms with van der Waals surface area (Å²) in [5, 5.41) is 3.97. The Labute approximate surface area is 132 Å². The number of hydrogen-bond acceptors (Lipinski definition) is 5. The van der Waals surface area contributed by atoms with Crippen molar-refractivity contribution in [2.45, 2.75) is 32.7 Å². The van der Waals surface area contributed by atoms with Gasteiger partial charge in [-0.3, -0.25) is 9.63 Å². The summed E-state index contributed by atoms with van der Waals surface area (Å²) in [7, 11) is 1.47. The molecule has 1 aromatic rings. The van der Waals surface area contributed by atoms with Crippen molar-refractivity contribution < 1.29 is 9.63 Å². The molecule has 1 aromatic carbocycles. The SMILES string of the molecule is CC/C=C\C[C@H](CNC(=O)c1ccccc1C)NN(N)OC. The average molecular weight is 306 g/mol. The van der Waals surface area contributed by atoms with Crippen molar-refractivity contribution in [2.24, 2.45) is 5.84 Å². The fourth-order valence-corrected chi connectivity index (χ4v) is 1.98. The number of nitrogens with two attached hydrogens (primary N) is 1. The van der Waals surface area contributed by atoms with Gasteiger partial charge in [0.1, 0.15) is 0 Å². The molecule has 1 atom stereocenters. The molecule has 0 aromatic heterocycles. The lowest BCUT2D eigenvalue weighted by Gasteiger charge is -2.23. The van der Waals surface area contributed by atoms with Gasteiger partial charge in [-0.2, -0.15) is 0 Å². The molecule has 22 heavy (non-hydrogen) atoms. The van der Waals surface area contributed by atoms with E-state index in [-0.39, 0.29) is 11.9 Å². The Kier molecular flexibility index (Phi) is 8.39. The zero-order chi connectivity index (χ0) is 16.4. The molecule has 0 aliphatic rings. The number of amides is 1. The molecular formula is C16H26N4O2. The largest absolute Gasteiger partial charge is 0.350 e. The normalized spacial score (nSPS) is 12.8. The molecule has 6 heteroatoms. The highest BCUT2D eigenvalue weighted by Gasteiger charge is 2.13. The molecule has 0 heterocycles. The van der Waals surface area contributed by atoms with Gasteiger partial charge in [-0.25, -0.2) is 11.3 Å². The number of hydrazine groups is 2. The van der Waals surface area contributed by atoms with Crippen LogP contribution in [-0.2, 0) is 4.84 Å². The van der Waals surface area contributed by atoms with Crippen LogP contribution in [0.2, 0.25) is 0 Å². The average Bonchev–Trinajstić information content (AvgIpc) is 2.52. The van der Waals surface area contributed by atoms with Crippen molar-refractivity contribution >= 4 is 5.91 Å². The summed E-state index contributed by atoms with van der Waals surface area (Å²) < 4.78 is 0. The first-order valence-electron chi connectivity index (χ1n) is 7.42. The molecule has 0 unspecified atom stereocenters. The minimum absolute atomic E-state index is 0.0549. The number of benzene rings is 1. The molecular weight excluding hydrogens is 280 g/mol. The molecule has 0 saturated carbocycles. The van der Waals surface area contributed by atoms with Crippen LogP contribution in [0.15, 0.2) is 36.4 Å². The summed E-state index contributed by atoms with van der Waals surface area (Å²) in [6.07, 6.45) is 5.84. The zero-order valence-electron chi connectivity index (χ0n) is 13.5. The van der Waals surface area contributed by atoms with E-state index in [1.807, 2.05) is 31.2 Å². The predicted molar refractivity (Wildman–Crippen MR) is 87.5 cm³/mol. The number of carbonyl (C=O) groups excluding carboxylic acids is 1. The van der Waals surface area contributed by atoms with Crippen LogP contribution in [0.5, 0.6) is 0 Å². The molecule has 6 nitrogen and oxygen atoms in total. The molecule has 0 bridgehead atoms. The van der Waals surface area contributed by atoms with Gasteiger partial charge in [-0.15, -0.1) is 0 Å². The van der Waals surface area contributed by atoms with Crippen molar-refractivity contribution in [3.05, 3.63) is 47.5 Å². The minimum Gasteiger partial charge on any atom is -0.350 e. The van der Waals surface area contributed by atoms with Gasteiger partial charge in [-0.1, -0.05) is 42.6 Å². The quantitative estimate of drug-likeness (QED) is 0.367. The summed E-state index contributed by atoms with van der Waals surface area (Å²) >= 11 is 0. The second-order valence-electron chi connectivity index (χ2n) is 4.97. The van der Waals surface area contributed by atoms with E-state index in [1.54, 1.807) is 0 Å². The molecule has 122 valence electrons. The number of hydrogen-bond donors (Lipinski definition) is 3. The zero-order valence-corrected chi connectivity index (χ0v) is 13.5. The fraction of sp³-hybridized carbons (Fsp3) is 0.438. The maximum Gasteiger partial charge on any atom is 0.251 e. The maximum atomic E-state index is 12.2. The van der Waals surface area contributed by atoms with Gasteiger partial charge in [0.05, 0.1) is 7.11 Å². The topological polar surface area (TPSA) is 79.6 Å². The molecule has 0 spiro atoms. The van der Waals surface area contributed by atoms with Crippen LogP contribution in [0, 0.1) is 6.92 Å². The minimum atomic E-state index is -0.0923. The molecule has 0 aliphatic heterocycles. The van der Waals surface area contributed by atoms with E-state index in [1.165, 1.54) is 7.11 Å². The molecule has 0 fully saturated rings. The monoisotopic (exact) mass is 306 g/mol. The highest BCUT2D eigenvalue weighted by molar-refractivity contribution is 5.95. The predicted octanol–water partition coefficient (Wildman–Crippen LogP) is 1.69. The lowest BCUT2D eigenvalue weighted by atomic mass is 10.1. The maximum absolute atomic E-state index is 12.2. The number of nitrogens with zero attached hydrogens (tertiary/aromatic N) is 1. The van der Waals surface area contributed by atoms with Crippen molar-refractivity contribution in [1.29, 1.82) is 0 Å². The van der Waals surface area contributed by atoms with Crippen LogP contribution >= 0.6 is 0 Å². The number of carbonyl (C=O) groups is 1. The Balaban J connectivity index is 2.59. The van der Waals surface area contributed by atoms with Gasteiger partial charge in [0.15, 0.2) is 0 Å². The van der Waals surface area contributed by atoms with Crippen molar-refractivity contribution in [2.75, 3.05) is 13.7 Å². The second kappa shape index (κ2) is 10.1. The Morgan fingerprint density at radius 3 is 2.77 bits per heavy atom. The highest BCUT2D eigenvalue weighted by Crippen LogP contribution is 2.06. The van der Waals surface area contributed by atoms with Crippen LogP contribution in [0.1, 0.15) is 35.7 Å². The lowest BCUT2D eigenvalue weighted by molar-refractivity contribution is -0.181. The fourth-order valence-electron chi connectivity index (χ4n) is 1.98. The van der Waals surface area contributed by atoms with E-state index in [9.17, 15) is 4.79 Å². The summed E-state index contributed by atoms with van der Waals surface area (Å²) in [5.41, 5.74) is 4.60. The van der Waals surface area contributed by atoms with Gasteiger partial charge in [0.25, 0.3) is 5.91 Å². The molecule has 0 aliphatic carbocycles. The number of nitrogens with one attached hydrogen (secondary N) is 2. The standard InChI is InChI=1S/C16H26N4O2/c1-4-5-6-10-14(19-20(17)22-3)12-18-16(21)15-11-8-7-9-13(15)2/h5-9,11,14,19H,4,10,12,17H2,1-3H3,(H,18,21)/b6-5-/t14-/m1/s1. The molecule has 0 saturated heterocycles. The first kappa shape index (κ1) is 18.3. The highest BCUT2D eigenvalue weighted by atomic mass is 16.7. The summed E-state index contributed by atoms with van der Waals surface area (Å²) in [5.74, 6) is 5.49. The van der Waals surface area contributed by atoms with Gasteiger partial charge < -0.3 is 5.32 Å². The van der Waals surface area contributed by atoms with Gasteiger partial charge >= 0.3 is 0 Å². The van der Waals surface area contributed by atoms with Crippen LogP contribution in [0.4, 0.5) is 0 Å². The van der Waals surface area contributed by atoms with Crippen molar-refractivity contribution in [1.82, 2.24) is 16.0 Å². The van der Waals surface area contributed by atoms with Crippen LogP contribution in [0.25, 0.3) is 0 Å². The van der Waals surface area contributed by atoms with Crippen molar-refractivity contribution in [3.8, 4) is 0 Å². The van der Waals surface area contributed by atoms with Crippen LogP contribution in [0.3, 0.4) is 0 Å². The smallest absolute Gasteiger partial charge is 0.251 e. The van der Waals surface area contributed by atoms with E-state index in [4.69, 9.17) is 10.7 Å². The third-order valence-electron chi connectivity index (χ3n) is 3.23. The lowest BCUT2D eigenvalue weighted by Crippen LogP contribution is -2.52. The third-order valence-corrected chi connectivity index (χ3v) is 3.23. The van der Waals surface area contributed by atoms with E-state index in [2.05, 4.69) is 29.8 Å². The molecule has 4 N–H and O–H groups in total. The second-order valence-corrected chi connectivity index (χ2v) is 4.97. The molecule has 0 radical (unpaired) electrons. The van der Waals surface area contributed by atoms with E-state index >= 15 is 0 Å². The van der Waals surface area contributed by atoms with Gasteiger partial charge in [0.2, 0.25) is 0 Å². The van der Waals surface area contributed by atoms with E-state index in [0.717, 1.165) is 23.7 Å². The van der Waals surface area contributed by atoms with Crippen molar-refractivity contribution in [3.63, 3.8) is 0 Å². The summed E-state index contributed by atoms with van der Waals surface area (Å²) in [6, 6.07) is 7.45. The number of aryl methyl sites for hydroxylation is 1. The van der Waals surface area contributed by atoms with Crippen LogP contribution < -0.4 is 16.6 Å².